The van der Waals surface area contributed by atoms with Crippen molar-refractivity contribution in [1.29, 1.82) is 0 Å². The lowest BCUT2D eigenvalue weighted by Gasteiger charge is -2.29. The Morgan fingerprint density at radius 3 is 2.74 bits per heavy atom. The normalized spacial score (nSPS) is 26.4. The Hall–Kier alpha value is -1.96. The molecule has 2 aliphatic rings. The minimum atomic E-state index is -1.47. The van der Waals surface area contributed by atoms with Crippen molar-refractivity contribution in [3.63, 3.8) is 0 Å². The third kappa shape index (κ3) is 4.94. The van der Waals surface area contributed by atoms with E-state index in [4.69, 9.17) is 21.1 Å². The number of alkyl halides is 1. The van der Waals surface area contributed by atoms with Gasteiger partial charge in [0.25, 0.3) is 5.56 Å². The molecule has 4 rings (SSSR count). The highest BCUT2D eigenvalue weighted by Gasteiger charge is 2.33. The van der Waals surface area contributed by atoms with Crippen LogP contribution in [0.5, 0.6) is 0 Å². The van der Waals surface area contributed by atoms with Crippen molar-refractivity contribution in [3.05, 3.63) is 51.4 Å². The number of ether oxygens (including phenoxy) is 2. The topological polar surface area (TPSA) is 65.4 Å². The van der Waals surface area contributed by atoms with E-state index in [9.17, 15) is 9.18 Å². The van der Waals surface area contributed by atoms with Gasteiger partial charge in [-0.3, -0.25) is 4.79 Å². The van der Waals surface area contributed by atoms with Crippen LogP contribution < -0.4 is 10.9 Å². The van der Waals surface area contributed by atoms with Gasteiger partial charge in [0.1, 0.15) is 5.02 Å². The summed E-state index contributed by atoms with van der Waals surface area (Å²) in [6, 6.07) is 7.62. The molecule has 2 aromatic rings. The Labute approximate surface area is 186 Å². The van der Waals surface area contributed by atoms with E-state index >= 15 is 0 Å². The number of hydrogen-bond acceptors (Lipinski definition) is 5. The summed E-state index contributed by atoms with van der Waals surface area (Å²) in [7, 11) is 0. The highest BCUT2D eigenvalue weighted by atomic mass is 35.5. The van der Waals surface area contributed by atoms with Crippen molar-refractivity contribution in [2.75, 3.05) is 25.1 Å². The van der Waals surface area contributed by atoms with Gasteiger partial charge < -0.3 is 14.8 Å². The molecule has 1 unspecified atom stereocenters. The Kier molecular flexibility index (Phi) is 6.65. The molecule has 2 saturated heterocycles. The largest absolute Gasteiger partial charge is 0.379 e. The van der Waals surface area contributed by atoms with Gasteiger partial charge in [0.15, 0.2) is 5.67 Å². The second kappa shape index (κ2) is 9.27. The highest BCUT2D eigenvalue weighted by molar-refractivity contribution is 6.32. The third-order valence-electron chi connectivity index (χ3n) is 6.09. The summed E-state index contributed by atoms with van der Waals surface area (Å²) in [5.74, 6) is 0.499. The molecule has 31 heavy (non-hydrogen) atoms. The van der Waals surface area contributed by atoms with Crippen LogP contribution >= 0.6 is 11.6 Å². The third-order valence-corrected chi connectivity index (χ3v) is 6.46. The van der Waals surface area contributed by atoms with Crippen molar-refractivity contribution in [1.82, 2.24) is 9.78 Å². The molecule has 0 amide bonds. The van der Waals surface area contributed by atoms with Crippen LogP contribution in [0.1, 0.15) is 51.2 Å². The molecule has 2 fully saturated rings. The predicted octanol–water partition coefficient (Wildman–Crippen LogP) is 4.69. The molecular weight excluding hydrogens is 421 g/mol. The number of rotatable bonds is 6. The van der Waals surface area contributed by atoms with Crippen LogP contribution in [0.3, 0.4) is 0 Å². The lowest BCUT2D eigenvalue weighted by Crippen LogP contribution is -2.40. The van der Waals surface area contributed by atoms with E-state index in [0.717, 1.165) is 18.4 Å². The first-order valence-electron chi connectivity index (χ1n) is 10.9. The zero-order chi connectivity index (χ0) is 22.0. The van der Waals surface area contributed by atoms with Crippen LogP contribution in [0.15, 0.2) is 35.3 Å². The Morgan fingerprint density at radius 2 is 2.10 bits per heavy atom. The van der Waals surface area contributed by atoms with E-state index in [1.54, 1.807) is 0 Å². The van der Waals surface area contributed by atoms with E-state index < -0.39 is 11.2 Å². The first kappa shape index (κ1) is 22.2. The van der Waals surface area contributed by atoms with Gasteiger partial charge in [-0.1, -0.05) is 37.6 Å². The number of hydrogen-bond donors (Lipinski definition) is 1. The molecule has 6 nitrogen and oxygen atoms in total. The SMILES string of the molecule is CC(C)[C@@H]1CC[C@@H](c2ccc(-n3ncc(NCC4(F)CCCOC4)c(Cl)c3=O)cc2)O1. The number of aromatic nitrogens is 2. The maximum Gasteiger partial charge on any atom is 0.292 e. The van der Waals surface area contributed by atoms with Crippen LogP contribution in [-0.2, 0) is 9.47 Å². The average Bonchev–Trinajstić information content (AvgIpc) is 3.26. The summed E-state index contributed by atoms with van der Waals surface area (Å²) in [5.41, 5.74) is 0.101. The molecule has 0 aliphatic carbocycles. The Balaban J connectivity index is 1.46. The number of anilines is 1. The monoisotopic (exact) mass is 449 g/mol. The molecule has 0 saturated carbocycles. The predicted molar refractivity (Wildman–Crippen MR) is 119 cm³/mol. The first-order valence-corrected chi connectivity index (χ1v) is 11.3. The lowest BCUT2D eigenvalue weighted by atomic mass is 9.99. The first-order chi connectivity index (χ1) is 14.9. The fourth-order valence-corrected chi connectivity index (χ4v) is 4.38. The maximum atomic E-state index is 14.7. The van der Waals surface area contributed by atoms with Crippen molar-refractivity contribution in [3.8, 4) is 5.69 Å². The molecule has 0 radical (unpaired) electrons. The highest BCUT2D eigenvalue weighted by Crippen LogP contribution is 2.35. The number of halogens is 2. The summed E-state index contributed by atoms with van der Waals surface area (Å²) < 4.78 is 27.3. The lowest BCUT2D eigenvalue weighted by molar-refractivity contribution is -0.0234. The van der Waals surface area contributed by atoms with Gasteiger partial charge in [0.05, 0.1) is 42.9 Å². The summed E-state index contributed by atoms with van der Waals surface area (Å²) in [4.78, 5) is 12.8. The van der Waals surface area contributed by atoms with Gasteiger partial charge in [0.2, 0.25) is 0 Å². The summed E-state index contributed by atoms with van der Waals surface area (Å²) in [6.07, 6.45) is 4.96. The summed E-state index contributed by atoms with van der Waals surface area (Å²) in [5, 5.41) is 7.14. The fraction of sp³-hybridized carbons (Fsp3) is 0.565. The van der Waals surface area contributed by atoms with Gasteiger partial charge >= 0.3 is 0 Å². The second-order valence-corrected chi connectivity index (χ2v) is 9.20. The molecule has 0 bridgehead atoms. The molecule has 3 atom stereocenters. The second-order valence-electron chi connectivity index (χ2n) is 8.83. The average molecular weight is 450 g/mol. The smallest absolute Gasteiger partial charge is 0.292 e. The molecule has 0 spiro atoms. The van der Waals surface area contributed by atoms with E-state index in [1.807, 2.05) is 24.3 Å². The molecular formula is C23H29ClFN3O3. The van der Waals surface area contributed by atoms with Gasteiger partial charge in [-0.15, -0.1) is 0 Å². The number of benzene rings is 1. The number of nitrogens with zero attached hydrogens (tertiary/aromatic N) is 2. The molecule has 168 valence electrons. The zero-order valence-corrected chi connectivity index (χ0v) is 18.7. The summed E-state index contributed by atoms with van der Waals surface area (Å²) in [6.45, 7) is 4.98. The van der Waals surface area contributed by atoms with E-state index in [1.165, 1.54) is 10.9 Å². The fourth-order valence-electron chi connectivity index (χ4n) is 4.18. The number of nitrogens with one attached hydrogen (secondary N) is 1. The van der Waals surface area contributed by atoms with E-state index in [2.05, 4.69) is 24.3 Å². The molecule has 8 heteroatoms. The van der Waals surface area contributed by atoms with Gasteiger partial charge in [-0.05, 0) is 49.3 Å². The summed E-state index contributed by atoms with van der Waals surface area (Å²) >= 11 is 6.28. The van der Waals surface area contributed by atoms with Crippen LogP contribution in [0.4, 0.5) is 10.1 Å². The van der Waals surface area contributed by atoms with Crippen LogP contribution in [0, 0.1) is 5.92 Å². The van der Waals surface area contributed by atoms with Gasteiger partial charge in [0, 0.05) is 6.61 Å². The minimum Gasteiger partial charge on any atom is -0.379 e. The minimum absolute atomic E-state index is 0.0155. The molecule has 1 aromatic carbocycles. The zero-order valence-electron chi connectivity index (χ0n) is 17.9. The standard InChI is InChI=1S/C23H29ClFN3O3/c1-15(2)19-8-9-20(31-19)16-4-6-17(7-5-16)28-22(29)21(24)18(12-27-28)26-13-23(25)10-3-11-30-14-23/h4-7,12,15,19-20,26H,3,8-11,13-14H2,1-2H3/t19-,20-,23?/m0/s1. The molecule has 1 N–H and O–H groups in total. The van der Waals surface area contributed by atoms with Crippen LogP contribution in [0.2, 0.25) is 5.02 Å². The van der Waals surface area contributed by atoms with Crippen molar-refractivity contribution in [2.45, 2.75) is 57.4 Å². The van der Waals surface area contributed by atoms with E-state index in [0.29, 0.717) is 36.7 Å². The quantitative estimate of drug-likeness (QED) is 0.692. The van der Waals surface area contributed by atoms with Crippen molar-refractivity contribution < 1.29 is 13.9 Å². The van der Waals surface area contributed by atoms with E-state index in [-0.39, 0.29) is 30.4 Å². The Bertz CT molecular complexity index is 958. The van der Waals surface area contributed by atoms with Crippen molar-refractivity contribution >= 4 is 17.3 Å². The molecule has 2 aliphatic heterocycles. The van der Waals surface area contributed by atoms with Gasteiger partial charge in [-0.25, -0.2) is 4.39 Å². The van der Waals surface area contributed by atoms with Gasteiger partial charge in [-0.2, -0.15) is 9.78 Å². The van der Waals surface area contributed by atoms with Crippen LogP contribution in [-0.4, -0.2) is 41.3 Å². The Morgan fingerprint density at radius 1 is 1.32 bits per heavy atom. The molecule has 1 aromatic heterocycles. The van der Waals surface area contributed by atoms with Crippen molar-refractivity contribution in [2.24, 2.45) is 5.92 Å². The molecule has 3 heterocycles. The maximum absolute atomic E-state index is 14.7. The van der Waals surface area contributed by atoms with Crippen LogP contribution in [0.25, 0.3) is 5.69 Å².